The van der Waals surface area contributed by atoms with Gasteiger partial charge in [-0.05, 0) is 18.6 Å². The summed E-state index contributed by atoms with van der Waals surface area (Å²) in [6.45, 7) is 2.74. The van der Waals surface area contributed by atoms with Gasteiger partial charge >= 0.3 is 0 Å². The van der Waals surface area contributed by atoms with Crippen molar-refractivity contribution < 1.29 is 4.39 Å². The van der Waals surface area contributed by atoms with E-state index in [-0.39, 0.29) is 11.9 Å². The number of unbranched alkanes of at least 4 members (excludes halogenated alkanes) is 2. The fourth-order valence-corrected chi connectivity index (χ4v) is 2.03. The van der Waals surface area contributed by atoms with Crippen molar-refractivity contribution in [3.05, 3.63) is 30.1 Å². The molecule has 1 atom stereocenters. The quantitative estimate of drug-likeness (QED) is 0.739. The molecule has 1 unspecified atom stereocenters. The molecule has 0 aliphatic rings. The molecule has 1 aromatic carbocycles. The molecular weight excluding hydrogens is 215 g/mol. The molecule has 17 heavy (non-hydrogen) atoms. The molecule has 0 amide bonds. The van der Waals surface area contributed by atoms with Crippen molar-refractivity contribution in [2.24, 2.45) is 5.73 Å². The Labute approximate surface area is 104 Å². The Hall–Kier alpha value is -1.09. The van der Waals surface area contributed by atoms with Crippen LogP contribution >= 0.6 is 0 Å². The normalized spacial score (nSPS) is 12.5. The largest absolute Gasteiger partial charge is 0.368 e. The predicted molar refractivity (Wildman–Crippen MR) is 71.8 cm³/mol. The fourth-order valence-electron chi connectivity index (χ4n) is 2.03. The molecule has 0 aromatic heterocycles. The average Bonchev–Trinajstić information content (AvgIpc) is 2.35. The van der Waals surface area contributed by atoms with Crippen LogP contribution in [0.5, 0.6) is 0 Å². The highest BCUT2D eigenvalue weighted by molar-refractivity contribution is 5.47. The van der Waals surface area contributed by atoms with Gasteiger partial charge in [0.1, 0.15) is 5.82 Å². The van der Waals surface area contributed by atoms with Crippen LogP contribution < -0.4 is 10.6 Å². The van der Waals surface area contributed by atoms with E-state index in [1.54, 1.807) is 12.1 Å². The maximum absolute atomic E-state index is 13.6. The molecule has 0 saturated carbocycles. The standard InChI is InChI=1S/C14H23FN2/c1-3-4-5-8-12(11-16)17(2)14-10-7-6-9-13(14)15/h6-7,9-10,12H,3-5,8,11,16H2,1-2H3. The van der Waals surface area contributed by atoms with Crippen LogP contribution in [0.2, 0.25) is 0 Å². The fraction of sp³-hybridized carbons (Fsp3) is 0.571. The van der Waals surface area contributed by atoms with E-state index in [4.69, 9.17) is 5.73 Å². The molecule has 0 spiro atoms. The maximum atomic E-state index is 13.6. The van der Waals surface area contributed by atoms with Crippen LogP contribution in [-0.4, -0.2) is 19.6 Å². The topological polar surface area (TPSA) is 29.3 Å². The van der Waals surface area contributed by atoms with E-state index in [1.165, 1.54) is 18.9 Å². The van der Waals surface area contributed by atoms with Crippen LogP contribution in [0.3, 0.4) is 0 Å². The lowest BCUT2D eigenvalue weighted by molar-refractivity contribution is 0.533. The molecular formula is C14H23FN2. The van der Waals surface area contributed by atoms with Gasteiger partial charge in [-0.3, -0.25) is 0 Å². The van der Waals surface area contributed by atoms with Crippen molar-refractivity contribution in [1.29, 1.82) is 0 Å². The number of nitrogens with zero attached hydrogens (tertiary/aromatic N) is 1. The molecule has 2 nitrogen and oxygen atoms in total. The number of likely N-dealkylation sites (N-methyl/N-ethyl adjacent to an activating group) is 1. The first-order valence-corrected chi connectivity index (χ1v) is 6.38. The Morgan fingerprint density at radius 3 is 2.59 bits per heavy atom. The summed E-state index contributed by atoms with van der Waals surface area (Å²) in [7, 11) is 1.92. The molecule has 0 aliphatic carbocycles. The zero-order chi connectivity index (χ0) is 12.7. The Balaban J connectivity index is 2.65. The molecule has 96 valence electrons. The Morgan fingerprint density at radius 2 is 2.00 bits per heavy atom. The summed E-state index contributed by atoms with van der Waals surface area (Å²) >= 11 is 0. The van der Waals surface area contributed by atoms with Crippen LogP contribution in [0, 0.1) is 5.82 Å². The zero-order valence-electron chi connectivity index (χ0n) is 10.8. The van der Waals surface area contributed by atoms with E-state index in [1.807, 2.05) is 18.0 Å². The first kappa shape index (κ1) is 14.0. The van der Waals surface area contributed by atoms with Gasteiger partial charge in [0.2, 0.25) is 0 Å². The Morgan fingerprint density at radius 1 is 1.29 bits per heavy atom. The van der Waals surface area contributed by atoms with Gasteiger partial charge in [0.15, 0.2) is 0 Å². The van der Waals surface area contributed by atoms with E-state index >= 15 is 0 Å². The SMILES string of the molecule is CCCCCC(CN)N(C)c1ccccc1F. The van der Waals surface area contributed by atoms with Crippen molar-refractivity contribution >= 4 is 5.69 Å². The second-order valence-electron chi connectivity index (χ2n) is 4.45. The molecule has 0 radical (unpaired) electrons. The number of hydrogen-bond donors (Lipinski definition) is 1. The summed E-state index contributed by atoms with van der Waals surface area (Å²) in [5.74, 6) is -0.177. The Kier molecular flexibility index (Phi) is 5.98. The predicted octanol–water partition coefficient (Wildman–Crippen LogP) is 3.17. The lowest BCUT2D eigenvalue weighted by Crippen LogP contribution is -2.38. The van der Waals surface area contributed by atoms with E-state index in [0.29, 0.717) is 12.2 Å². The van der Waals surface area contributed by atoms with Gasteiger partial charge in [-0.2, -0.15) is 0 Å². The number of nitrogens with two attached hydrogens (primary N) is 1. The van der Waals surface area contributed by atoms with Crippen LogP contribution in [0.25, 0.3) is 0 Å². The van der Waals surface area contributed by atoms with Crippen molar-refractivity contribution in [2.75, 3.05) is 18.5 Å². The molecule has 2 N–H and O–H groups in total. The second-order valence-corrected chi connectivity index (χ2v) is 4.45. The summed E-state index contributed by atoms with van der Waals surface area (Å²) < 4.78 is 13.6. The van der Waals surface area contributed by atoms with Crippen LogP contribution in [-0.2, 0) is 0 Å². The van der Waals surface area contributed by atoms with Crippen molar-refractivity contribution in [3.8, 4) is 0 Å². The summed E-state index contributed by atoms with van der Waals surface area (Å²) in [6.07, 6.45) is 4.58. The van der Waals surface area contributed by atoms with Crippen molar-refractivity contribution in [3.63, 3.8) is 0 Å². The first-order chi connectivity index (χ1) is 8.20. The third kappa shape index (κ3) is 4.00. The van der Waals surface area contributed by atoms with Crippen molar-refractivity contribution in [1.82, 2.24) is 0 Å². The summed E-state index contributed by atoms with van der Waals surface area (Å²) in [6, 6.07) is 7.08. The van der Waals surface area contributed by atoms with Crippen LogP contribution in [0.15, 0.2) is 24.3 Å². The number of hydrogen-bond acceptors (Lipinski definition) is 2. The van der Waals surface area contributed by atoms with Gasteiger partial charge < -0.3 is 10.6 Å². The van der Waals surface area contributed by atoms with Crippen LogP contribution in [0.4, 0.5) is 10.1 Å². The van der Waals surface area contributed by atoms with E-state index in [2.05, 4.69) is 6.92 Å². The number of anilines is 1. The highest BCUT2D eigenvalue weighted by Crippen LogP contribution is 2.21. The minimum atomic E-state index is -0.177. The minimum absolute atomic E-state index is 0.177. The molecule has 1 aromatic rings. The first-order valence-electron chi connectivity index (χ1n) is 6.38. The van der Waals surface area contributed by atoms with Gasteiger partial charge in [-0.25, -0.2) is 4.39 Å². The molecule has 0 fully saturated rings. The van der Waals surface area contributed by atoms with E-state index in [0.717, 1.165) is 12.8 Å². The van der Waals surface area contributed by atoms with E-state index in [9.17, 15) is 4.39 Å². The molecule has 3 heteroatoms. The highest BCUT2D eigenvalue weighted by Gasteiger charge is 2.15. The summed E-state index contributed by atoms with van der Waals surface area (Å²) in [5, 5.41) is 0. The van der Waals surface area contributed by atoms with Gasteiger partial charge in [-0.15, -0.1) is 0 Å². The minimum Gasteiger partial charge on any atom is -0.368 e. The number of para-hydroxylation sites is 1. The van der Waals surface area contributed by atoms with Crippen molar-refractivity contribution in [2.45, 2.75) is 38.6 Å². The molecule has 1 rings (SSSR count). The highest BCUT2D eigenvalue weighted by atomic mass is 19.1. The third-order valence-electron chi connectivity index (χ3n) is 3.19. The number of rotatable bonds is 7. The molecule has 0 aliphatic heterocycles. The molecule has 0 heterocycles. The monoisotopic (exact) mass is 238 g/mol. The number of benzene rings is 1. The van der Waals surface area contributed by atoms with Gasteiger partial charge in [-0.1, -0.05) is 38.3 Å². The summed E-state index contributed by atoms with van der Waals surface area (Å²) in [5.41, 5.74) is 6.42. The smallest absolute Gasteiger partial charge is 0.146 e. The maximum Gasteiger partial charge on any atom is 0.146 e. The van der Waals surface area contributed by atoms with Gasteiger partial charge in [0.05, 0.1) is 5.69 Å². The molecule has 0 bridgehead atoms. The zero-order valence-corrected chi connectivity index (χ0v) is 10.8. The van der Waals surface area contributed by atoms with Gasteiger partial charge in [0.25, 0.3) is 0 Å². The van der Waals surface area contributed by atoms with E-state index < -0.39 is 0 Å². The third-order valence-corrected chi connectivity index (χ3v) is 3.19. The number of halogens is 1. The lowest BCUT2D eigenvalue weighted by atomic mass is 10.1. The second kappa shape index (κ2) is 7.28. The molecule has 0 saturated heterocycles. The van der Waals surface area contributed by atoms with Gasteiger partial charge in [0, 0.05) is 19.6 Å². The van der Waals surface area contributed by atoms with Crippen LogP contribution in [0.1, 0.15) is 32.6 Å². The summed E-state index contributed by atoms with van der Waals surface area (Å²) in [4.78, 5) is 1.96. The average molecular weight is 238 g/mol. The Bertz CT molecular complexity index is 328. The lowest BCUT2D eigenvalue weighted by Gasteiger charge is -2.29.